The second-order valence-corrected chi connectivity index (χ2v) is 4.90. The second kappa shape index (κ2) is 6.43. The normalized spacial score (nSPS) is 12.6. The standard InChI is InChI=1S/C18H18O4/c1-19-15-8-6-13(7-9-15)4-3-5-14-10-17-18(22-12-21-17)11-16(14)20-2/h3-4,6-11H,5,12H2,1-2H3/b4-3-. The quantitative estimate of drug-likeness (QED) is 0.843. The SMILES string of the molecule is COc1ccc(/C=C\Cc2cc3c(cc2OC)OCO3)cc1. The molecule has 0 saturated carbocycles. The van der Waals surface area contributed by atoms with E-state index >= 15 is 0 Å². The van der Waals surface area contributed by atoms with Crippen LogP contribution in [0.2, 0.25) is 0 Å². The molecule has 0 spiro atoms. The third kappa shape index (κ3) is 3.01. The Balaban J connectivity index is 1.73. The lowest BCUT2D eigenvalue weighted by Gasteiger charge is -2.08. The lowest BCUT2D eigenvalue weighted by Crippen LogP contribution is -1.92. The first-order valence-corrected chi connectivity index (χ1v) is 7.07. The van der Waals surface area contributed by atoms with Crippen molar-refractivity contribution < 1.29 is 18.9 Å². The van der Waals surface area contributed by atoms with Crippen LogP contribution in [0.1, 0.15) is 11.1 Å². The Kier molecular flexibility index (Phi) is 4.19. The summed E-state index contributed by atoms with van der Waals surface area (Å²) < 4.78 is 21.3. The van der Waals surface area contributed by atoms with Crippen LogP contribution in [0, 0.1) is 0 Å². The molecule has 0 N–H and O–H groups in total. The van der Waals surface area contributed by atoms with E-state index in [0.29, 0.717) is 0 Å². The van der Waals surface area contributed by atoms with Gasteiger partial charge in [0.25, 0.3) is 0 Å². The fraction of sp³-hybridized carbons (Fsp3) is 0.222. The highest BCUT2D eigenvalue weighted by Crippen LogP contribution is 2.38. The molecule has 0 fully saturated rings. The van der Waals surface area contributed by atoms with E-state index in [9.17, 15) is 0 Å². The minimum atomic E-state index is 0.267. The van der Waals surface area contributed by atoms with Gasteiger partial charge in [-0.15, -0.1) is 0 Å². The number of fused-ring (bicyclic) bond motifs is 1. The summed E-state index contributed by atoms with van der Waals surface area (Å²) in [6.45, 7) is 0.267. The van der Waals surface area contributed by atoms with E-state index < -0.39 is 0 Å². The molecule has 22 heavy (non-hydrogen) atoms. The molecule has 2 aromatic rings. The van der Waals surface area contributed by atoms with E-state index in [-0.39, 0.29) is 6.79 Å². The first-order valence-electron chi connectivity index (χ1n) is 7.07. The fourth-order valence-corrected chi connectivity index (χ4v) is 2.35. The average Bonchev–Trinajstić information content (AvgIpc) is 3.02. The smallest absolute Gasteiger partial charge is 0.231 e. The molecule has 1 aliphatic heterocycles. The molecule has 0 amide bonds. The van der Waals surface area contributed by atoms with Crippen molar-refractivity contribution in [1.29, 1.82) is 0 Å². The first-order chi connectivity index (χ1) is 10.8. The molecular formula is C18H18O4. The number of hydrogen-bond donors (Lipinski definition) is 0. The zero-order chi connectivity index (χ0) is 15.4. The molecule has 4 heteroatoms. The summed E-state index contributed by atoms with van der Waals surface area (Å²) in [6, 6.07) is 11.8. The molecule has 0 bridgehead atoms. The second-order valence-electron chi connectivity index (χ2n) is 4.90. The van der Waals surface area contributed by atoms with E-state index in [4.69, 9.17) is 18.9 Å². The van der Waals surface area contributed by atoms with Gasteiger partial charge >= 0.3 is 0 Å². The first kappa shape index (κ1) is 14.3. The number of hydrogen-bond acceptors (Lipinski definition) is 4. The Morgan fingerprint density at radius 1 is 1.00 bits per heavy atom. The summed E-state index contributed by atoms with van der Waals surface area (Å²) in [4.78, 5) is 0. The Morgan fingerprint density at radius 3 is 2.41 bits per heavy atom. The van der Waals surface area contributed by atoms with Crippen molar-refractivity contribution >= 4 is 6.08 Å². The van der Waals surface area contributed by atoms with Gasteiger partial charge in [-0.3, -0.25) is 0 Å². The molecule has 0 atom stereocenters. The molecule has 0 aliphatic carbocycles. The summed E-state index contributed by atoms with van der Waals surface area (Å²) in [5, 5.41) is 0. The Bertz CT molecular complexity index is 674. The molecule has 2 aromatic carbocycles. The predicted octanol–water partition coefficient (Wildman–Crippen LogP) is 3.69. The van der Waals surface area contributed by atoms with Gasteiger partial charge in [-0.2, -0.15) is 0 Å². The van der Waals surface area contributed by atoms with Crippen LogP contribution in [0.4, 0.5) is 0 Å². The van der Waals surface area contributed by atoms with Gasteiger partial charge in [-0.25, -0.2) is 0 Å². The highest BCUT2D eigenvalue weighted by Gasteiger charge is 2.17. The number of benzene rings is 2. The van der Waals surface area contributed by atoms with Crippen LogP contribution in [0.5, 0.6) is 23.0 Å². The van der Waals surface area contributed by atoms with Gasteiger partial charge in [0, 0.05) is 11.6 Å². The minimum absolute atomic E-state index is 0.267. The average molecular weight is 298 g/mol. The minimum Gasteiger partial charge on any atom is -0.497 e. The Labute approximate surface area is 129 Å². The molecule has 0 saturated heterocycles. The maximum absolute atomic E-state index is 5.42. The zero-order valence-electron chi connectivity index (χ0n) is 12.7. The molecule has 1 aliphatic rings. The maximum atomic E-state index is 5.42. The molecule has 3 rings (SSSR count). The predicted molar refractivity (Wildman–Crippen MR) is 84.8 cm³/mol. The third-order valence-corrected chi connectivity index (χ3v) is 3.54. The molecule has 0 radical (unpaired) electrons. The largest absolute Gasteiger partial charge is 0.497 e. The van der Waals surface area contributed by atoms with Gasteiger partial charge in [0.2, 0.25) is 6.79 Å². The van der Waals surface area contributed by atoms with Crippen molar-refractivity contribution in [2.24, 2.45) is 0 Å². The van der Waals surface area contributed by atoms with Crippen molar-refractivity contribution in [3.05, 3.63) is 53.6 Å². The van der Waals surface area contributed by atoms with Crippen LogP contribution in [-0.4, -0.2) is 21.0 Å². The summed E-state index contributed by atoms with van der Waals surface area (Å²) in [5.74, 6) is 3.17. The fourth-order valence-electron chi connectivity index (χ4n) is 2.35. The summed E-state index contributed by atoms with van der Waals surface area (Å²) >= 11 is 0. The zero-order valence-corrected chi connectivity index (χ0v) is 12.7. The third-order valence-electron chi connectivity index (χ3n) is 3.54. The number of methoxy groups -OCH3 is 2. The van der Waals surface area contributed by atoms with Crippen molar-refractivity contribution in [2.75, 3.05) is 21.0 Å². The Morgan fingerprint density at radius 2 is 1.73 bits per heavy atom. The molecular weight excluding hydrogens is 280 g/mol. The molecule has 0 unspecified atom stereocenters. The van der Waals surface area contributed by atoms with Crippen LogP contribution in [0.15, 0.2) is 42.5 Å². The Hall–Kier alpha value is -2.62. The molecule has 114 valence electrons. The highest BCUT2D eigenvalue weighted by molar-refractivity contribution is 5.55. The van der Waals surface area contributed by atoms with Crippen molar-refractivity contribution in [2.45, 2.75) is 6.42 Å². The van der Waals surface area contributed by atoms with Crippen molar-refractivity contribution in [3.63, 3.8) is 0 Å². The highest BCUT2D eigenvalue weighted by atomic mass is 16.7. The van der Waals surface area contributed by atoms with E-state index in [0.717, 1.165) is 40.5 Å². The topological polar surface area (TPSA) is 36.9 Å². The van der Waals surface area contributed by atoms with Gasteiger partial charge in [0.15, 0.2) is 11.5 Å². The van der Waals surface area contributed by atoms with Crippen LogP contribution in [-0.2, 0) is 6.42 Å². The van der Waals surface area contributed by atoms with Gasteiger partial charge in [-0.1, -0.05) is 24.3 Å². The lowest BCUT2D eigenvalue weighted by atomic mass is 10.1. The summed E-state index contributed by atoms with van der Waals surface area (Å²) in [6.07, 6.45) is 4.93. The van der Waals surface area contributed by atoms with Crippen LogP contribution in [0.25, 0.3) is 6.08 Å². The molecule has 1 heterocycles. The van der Waals surface area contributed by atoms with Gasteiger partial charge in [-0.05, 0) is 30.2 Å². The number of allylic oxidation sites excluding steroid dienone is 1. The van der Waals surface area contributed by atoms with Crippen molar-refractivity contribution in [3.8, 4) is 23.0 Å². The van der Waals surface area contributed by atoms with E-state index in [1.54, 1.807) is 14.2 Å². The van der Waals surface area contributed by atoms with Crippen molar-refractivity contribution in [1.82, 2.24) is 0 Å². The van der Waals surface area contributed by atoms with Crippen LogP contribution in [0.3, 0.4) is 0 Å². The maximum Gasteiger partial charge on any atom is 0.231 e. The van der Waals surface area contributed by atoms with Gasteiger partial charge in [0.05, 0.1) is 14.2 Å². The summed E-state index contributed by atoms with van der Waals surface area (Å²) in [5.41, 5.74) is 2.19. The van der Waals surface area contributed by atoms with Gasteiger partial charge in [0.1, 0.15) is 11.5 Å². The number of ether oxygens (including phenoxy) is 4. The molecule has 0 aromatic heterocycles. The van der Waals surface area contributed by atoms with Gasteiger partial charge < -0.3 is 18.9 Å². The number of rotatable bonds is 5. The molecule has 4 nitrogen and oxygen atoms in total. The monoisotopic (exact) mass is 298 g/mol. The van der Waals surface area contributed by atoms with E-state index in [1.807, 2.05) is 36.4 Å². The van der Waals surface area contributed by atoms with E-state index in [2.05, 4.69) is 12.2 Å². The van der Waals surface area contributed by atoms with E-state index in [1.165, 1.54) is 0 Å². The van der Waals surface area contributed by atoms with Crippen LogP contribution >= 0.6 is 0 Å². The van der Waals surface area contributed by atoms with Crippen LogP contribution < -0.4 is 18.9 Å². The lowest BCUT2D eigenvalue weighted by molar-refractivity contribution is 0.174. The summed E-state index contributed by atoms with van der Waals surface area (Å²) in [7, 11) is 3.32.